The van der Waals surface area contributed by atoms with E-state index in [1.54, 1.807) is 0 Å². The Morgan fingerprint density at radius 3 is 2.40 bits per heavy atom. The van der Waals surface area contributed by atoms with E-state index in [1.165, 1.54) is 12.3 Å². The zero-order chi connectivity index (χ0) is 9.90. The lowest BCUT2D eigenvalue weighted by atomic mass is 10.3. The summed E-state index contributed by atoms with van der Waals surface area (Å²) in [5.74, 6) is -0.490. The van der Waals surface area contributed by atoms with Gasteiger partial charge >= 0.3 is 6.36 Å². The quantitative estimate of drug-likeness (QED) is 0.892. The van der Waals surface area contributed by atoms with Crippen molar-refractivity contribution in [3.63, 3.8) is 0 Å². The first kappa shape index (κ1) is 16.7. The Morgan fingerprint density at radius 2 is 1.93 bits per heavy atom. The van der Waals surface area contributed by atoms with Gasteiger partial charge in [0.05, 0.1) is 0 Å². The maximum absolute atomic E-state index is 11.7. The Kier molecular flexibility index (Phi) is 7.47. The average molecular weight is 265 g/mol. The molecule has 0 fully saturated rings. The average Bonchev–Trinajstić information content (AvgIpc) is 2.01. The van der Waals surface area contributed by atoms with Crippen LogP contribution in [0.25, 0.3) is 0 Å². The van der Waals surface area contributed by atoms with Gasteiger partial charge in [0.25, 0.3) is 0 Å². The second-order valence-corrected chi connectivity index (χ2v) is 2.25. The number of hydrogen-bond acceptors (Lipinski definition) is 3. The second kappa shape index (κ2) is 6.71. The van der Waals surface area contributed by atoms with E-state index in [4.69, 9.17) is 5.73 Å². The molecule has 1 aromatic heterocycles. The van der Waals surface area contributed by atoms with E-state index in [0.29, 0.717) is 5.56 Å². The van der Waals surface area contributed by atoms with E-state index in [2.05, 4.69) is 9.72 Å². The molecule has 0 saturated heterocycles. The molecule has 2 N–H and O–H groups in total. The van der Waals surface area contributed by atoms with Crippen LogP contribution in [0.15, 0.2) is 18.3 Å². The summed E-state index contributed by atoms with van der Waals surface area (Å²) < 4.78 is 38.6. The fraction of sp³-hybridized carbons (Fsp3) is 0.286. The van der Waals surface area contributed by atoms with Crippen LogP contribution >= 0.6 is 24.8 Å². The molecule has 1 rings (SSSR count). The minimum atomic E-state index is -4.71. The van der Waals surface area contributed by atoms with E-state index in [9.17, 15) is 13.2 Å². The summed E-state index contributed by atoms with van der Waals surface area (Å²) in [7, 11) is 0. The second-order valence-electron chi connectivity index (χ2n) is 2.25. The van der Waals surface area contributed by atoms with Crippen molar-refractivity contribution < 1.29 is 17.9 Å². The molecule has 0 atom stereocenters. The molecule has 0 spiro atoms. The lowest BCUT2D eigenvalue weighted by Crippen LogP contribution is -2.18. The Hall–Kier alpha value is -0.720. The highest BCUT2D eigenvalue weighted by Crippen LogP contribution is 2.20. The summed E-state index contributed by atoms with van der Waals surface area (Å²) in [4.78, 5) is 3.37. The predicted molar refractivity (Wildman–Crippen MR) is 53.3 cm³/mol. The van der Waals surface area contributed by atoms with Gasteiger partial charge in [-0.25, -0.2) is 4.98 Å². The summed E-state index contributed by atoms with van der Waals surface area (Å²) in [6.07, 6.45) is -3.50. The van der Waals surface area contributed by atoms with Crippen molar-refractivity contribution in [3.05, 3.63) is 23.9 Å². The third-order valence-corrected chi connectivity index (χ3v) is 1.26. The molecule has 0 amide bonds. The molecule has 0 aliphatic carbocycles. The molecule has 3 nitrogen and oxygen atoms in total. The molecule has 0 aliphatic heterocycles. The number of nitrogens with zero attached hydrogens (tertiary/aromatic N) is 1. The molecule has 0 aromatic carbocycles. The van der Waals surface area contributed by atoms with Gasteiger partial charge in [-0.2, -0.15) is 0 Å². The molecule has 1 aromatic rings. The first-order valence-corrected chi connectivity index (χ1v) is 3.42. The van der Waals surface area contributed by atoms with E-state index in [-0.39, 0.29) is 31.4 Å². The van der Waals surface area contributed by atoms with Gasteiger partial charge in [0.1, 0.15) is 0 Å². The van der Waals surface area contributed by atoms with E-state index >= 15 is 0 Å². The zero-order valence-corrected chi connectivity index (χ0v) is 8.96. The predicted octanol–water partition coefficient (Wildman–Crippen LogP) is 2.28. The van der Waals surface area contributed by atoms with Crippen molar-refractivity contribution in [2.45, 2.75) is 12.9 Å². The van der Waals surface area contributed by atoms with E-state index < -0.39 is 12.2 Å². The number of rotatable bonds is 2. The zero-order valence-electron chi connectivity index (χ0n) is 7.32. The summed E-state index contributed by atoms with van der Waals surface area (Å²) in [6, 6.07) is 2.66. The fourth-order valence-electron chi connectivity index (χ4n) is 0.752. The summed E-state index contributed by atoms with van der Waals surface area (Å²) >= 11 is 0. The van der Waals surface area contributed by atoms with Gasteiger partial charge in [0, 0.05) is 18.8 Å². The summed E-state index contributed by atoms with van der Waals surface area (Å²) in [6.45, 7) is 0.150. The molecular weight excluding hydrogens is 256 g/mol. The Balaban J connectivity index is 0. The molecule has 15 heavy (non-hydrogen) atoms. The van der Waals surface area contributed by atoms with Crippen LogP contribution in [0.1, 0.15) is 5.56 Å². The fourth-order valence-corrected chi connectivity index (χ4v) is 0.752. The van der Waals surface area contributed by atoms with Crippen molar-refractivity contribution in [2.75, 3.05) is 0 Å². The number of pyridine rings is 1. The SMILES string of the molecule is Cl.Cl.NCc1ccnc(OC(F)(F)F)c1. The van der Waals surface area contributed by atoms with Gasteiger partial charge in [0.15, 0.2) is 0 Å². The minimum Gasteiger partial charge on any atom is -0.388 e. The first-order valence-electron chi connectivity index (χ1n) is 3.42. The highest BCUT2D eigenvalue weighted by Gasteiger charge is 2.31. The molecule has 88 valence electrons. The van der Waals surface area contributed by atoms with Crippen LogP contribution < -0.4 is 10.5 Å². The van der Waals surface area contributed by atoms with Crippen LogP contribution in [0.5, 0.6) is 5.88 Å². The molecule has 0 unspecified atom stereocenters. The van der Waals surface area contributed by atoms with Crippen LogP contribution in [0.3, 0.4) is 0 Å². The number of nitrogens with two attached hydrogens (primary N) is 1. The third kappa shape index (κ3) is 6.38. The number of alkyl halides is 3. The van der Waals surface area contributed by atoms with E-state index in [1.807, 2.05) is 0 Å². The molecule has 1 heterocycles. The standard InChI is InChI=1S/C7H7F3N2O.2ClH/c8-7(9,10)13-6-3-5(4-11)1-2-12-6;;/h1-3H,4,11H2;2*1H. The molecule has 0 aliphatic rings. The van der Waals surface area contributed by atoms with E-state index in [0.717, 1.165) is 6.07 Å². The van der Waals surface area contributed by atoms with Gasteiger partial charge < -0.3 is 10.5 Å². The Morgan fingerprint density at radius 1 is 1.33 bits per heavy atom. The number of halogens is 5. The Bertz CT molecular complexity index is 296. The summed E-state index contributed by atoms with van der Waals surface area (Å²) in [5.41, 5.74) is 5.75. The van der Waals surface area contributed by atoms with Gasteiger partial charge in [-0.1, -0.05) is 0 Å². The highest BCUT2D eigenvalue weighted by molar-refractivity contribution is 5.85. The Labute approximate surface area is 96.6 Å². The van der Waals surface area contributed by atoms with Crippen LogP contribution in [0.4, 0.5) is 13.2 Å². The van der Waals surface area contributed by atoms with Crippen LogP contribution in [-0.4, -0.2) is 11.3 Å². The van der Waals surface area contributed by atoms with Gasteiger partial charge in [-0.05, 0) is 11.6 Å². The van der Waals surface area contributed by atoms with Crippen LogP contribution in [0.2, 0.25) is 0 Å². The molecular formula is C7H9Cl2F3N2O. The van der Waals surface area contributed by atoms with Crippen molar-refractivity contribution in [1.29, 1.82) is 0 Å². The van der Waals surface area contributed by atoms with Gasteiger partial charge in [-0.3, -0.25) is 0 Å². The lowest BCUT2D eigenvalue weighted by molar-refractivity contribution is -0.276. The first-order chi connectivity index (χ1) is 6.01. The van der Waals surface area contributed by atoms with Crippen molar-refractivity contribution in [2.24, 2.45) is 5.73 Å². The largest absolute Gasteiger partial charge is 0.574 e. The van der Waals surface area contributed by atoms with Crippen molar-refractivity contribution >= 4 is 24.8 Å². The van der Waals surface area contributed by atoms with Gasteiger partial charge in [0.2, 0.25) is 5.88 Å². The minimum absolute atomic E-state index is 0. The molecule has 0 saturated carbocycles. The third-order valence-electron chi connectivity index (χ3n) is 1.26. The normalized spacial score (nSPS) is 9.87. The monoisotopic (exact) mass is 264 g/mol. The van der Waals surface area contributed by atoms with Gasteiger partial charge in [-0.15, -0.1) is 38.0 Å². The smallest absolute Gasteiger partial charge is 0.388 e. The maximum Gasteiger partial charge on any atom is 0.574 e. The van der Waals surface area contributed by atoms with Crippen LogP contribution in [0, 0.1) is 0 Å². The molecule has 0 radical (unpaired) electrons. The van der Waals surface area contributed by atoms with Crippen molar-refractivity contribution in [3.8, 4) is 5.88 Å². The maximum atomic E-state index is 11.7. The molecule has 0 bridgehead atoms. The molecule has 8 heteroatoms. The summed E-state index contributed by atoms with van der Waals surface area (Å²) in [5, 5.41) is 0. The van der Waals surface area contributed by atoms with Crippen LogP contribution in [-0.2, 0) is 6.54 Å². The number of ether oxygens (including phenoxy) is 1. The number of hydrogen-bond donors (Lipinski definition) is 1. The number of aromatic nitrogens is 1. The van der Waals surface area contributed by atoms with Crippen molar-refractivity contribution in [1.82, 2.24) is 4.98 Å². The highest BCUT2D eigenvalue weighted by atomic mass is 35.5. The topological polar surface area (TPSA) is 48.1 Å². The lowest BCUT2D eigenvalue weighted by Gasteiger charge is -2.07.